The van der Waals surface area contributed by atoms with Gasteiger partial charge < -0.3 is 9.32 Å². The Labute approximate surface area is 174 Å². The van der Waals surface area contributed by atoms with E-state index in [0.717, 1.165) is 5.56 Å². The fourth-order valence-corrected chi connectivity index (χ4v) is 5.03. The van der Waals surface area contributed by atoms with E-state index in [9.17, 15) is 18.0 Å². The predicted molar refractivity (Wildman–Crippen MR) is 113 cm³/mol. The molecule has 2 aromatic carbocycles. The molecule has 3 aromatic rings. The number of carbonyl (C=O) groups is 1. The SMILES string of the molecule is Cc1ccc(S(=O)(=O)N2CCCN(C(=O)c3cc(=O)c4ccccc4o3)CC2)cc1. The Hall–Kier alpha value is -2.97. The first-order chi connectivity index (χ1) is 14.4. The summed E-state index contributed by atoms with van der Waals surface area (Å²) in [4.78, 5) is 27.0. The van der Waals surface area contributed by atoms with Gasteiger partial charge in [0.25, 0.3) is 5.91 Å². The van der Waals surface area contributed by atoms with E-state index in [-0.39, 0.29) is 29.2 Å². The average molecular weight is 426 g/mol. The van der Waals surface area contributed by atoms with Gasteiger partial charge in [-0.05, 0) is 37.6 Å². The molecule has 30 heavy (non-hydrogen) atoms. The quantitative estimate of drug-likeness (QED) is 0.643. The fraction of sp³-hybridized carbons (Fsp3) is 0.273. The summed E-state index contributed by atoms with van der Waals surface area (Å²) in [5.74, 6) is -0.444. The number of hydrogen-bond donors (Lipinski definition) is 0. The van der Waals surface area contributed by atoms with Crippen molar-refractivity contribution in [2.24, 2.45) is 0 Å². The highest BCUT2D eigenvalue weighted by molar-refractivity contribution is 7.89. The number of nitrogens with zero attached hydrogens (tertiary/aromatic N) is 2. The summed E-state index contributed by atoms with van der Waals surface area (Å²) in [6.07, 6.45) is 0.495. The van der Waals surface area contributed by atoms with Gasteiger partial charge in [0.2, 0.25) is 10.0 Å². The Morgan fingerprint density at radius 2 is 1.70 bits per heavy atom. The Kier molecular flexibility index (Phi) is 5.44. The van der Waals surface area contributed by atoms with Gasteiger partial charge in [-0.2, -0.15) is 4.31 Å². The average Bonchev–Trinajstić information content (AvgIpc) is 3.00. The summed E-state index contributed by atoms with van der Waals surface area (Å²) in [6, 6.07) is 14.7. The van der Waals surface area contributed by atoms with Crippen molar-refractivity contribution in [3.8, 4) is 0 Å². The second-order valence-corrected chi connectivity index (χ2v) is 9.27. The third-order valence-corrected chi connectivity index (χ3v) is 7.16. The molecule has 1 fully saturated rings. The Bertz CT molecular complexity index is 1250. The largest absolute Gasteiger partial charge is 0.451 e. The highest BCUT2D eigenvalue weighted by atomic mass is 32.2. The van der Waals surface area contributed by atoms with E-state index in [1.54, 1.807) is 48.5 Å². The molecule has 0 bridgehead atoms. The number of rotatable bonds is 3. The van der Waals surface area contributed by atoms with Crippen LogP contribution in [-0.4, -0.2) is 49.7 Å². The maximum Gasteiger partial charge on any atom is 0.289 e. The molecule has 0 aliphatic carbocycles. The van der Waals surface area contributed by atoms with E-state index in [4.69, 9.17) is 4.42 Å². The molecule has 1 saturated heterocycles. The van der Waals surface area contributed by atoms with Crippen LogP contribution in [0, 0.1) is 6.92 Å². The topological polar surface area (TPSA) is 87.9 Å². The van der Waals surface area contributed by atoms with Crippen molar-refractivity contribution in [2.45, 2.75) is 18.2 Å². The van der Waals surface area contributed by atoms with Gasteiger partial charge in [-0.1, -0.05) is 29.8 Å². The van der Waals surface area contributed by atoms with E-state index in [1.807, 2.05) is 6.92 Å². The number of amides is 1. The molecule has 1 aliphatic rings. The minimum atomic E-state index is -3.63. The Morgan fingerprint density at radius 3 is 2.47 bits per heavy atom. The molecule has 8 heteroatoms. The van der Waals surface area contributed by atoms with Crippen molar-refractivity contribution in [1.29, 1.82) is 0 Å². The van der Waals surface area contributed by atoms with Crippen molar-refractivity contribution in [3.05, 3.63) is 76.1 Å². The third-order valence-electron chi connectivity index (χ3n) is 5.25. The third kappa shape index (κ3) is 3.88. The van der Waals surface area contributed by atoms with Crippen LogP contribution in [0.25, 0.3) is 11.0 Å². The molecule has 0 saturated carbocycles. The maximum atomic E-state index is 13.0. The van der Waals surface area contributed by atoms with Crippen LogP contribution in [0.1, 0.15) is 22.5 Å². The van der Waals surface area contributed by atoms with E-state index in [1.165, 1.54) is 15.3 Å². The molecular formula is C22H22N2O5S. The minimum absolute atomic E-state index is 0.0338. The summed E-state index contributed by atoms with van der Waals surface area (Å²) < 4.78 is 33.0. The molecule has 1 amide bonds. The van der Waals surface area contributed by atoms with Gasteiger partial charge in [0.05, 0.1) is 10.3 Å². The van der Waals surface area contributed by atoms with Crippen molar-refractivity contribution in [2.75, 3.05) is 26.2 Å². The van der Waals surface area contributed by atoms with Gasteiger partial charge >= 0.3 is 0 Å². The molecule has 1 aliphatic heterocycles. The lowest BCUT2D eigenvalue weighted by Crippen LogP contribution is -2.37. The number of para-hydroxylation sites is 1. The minimum Gasteiger partial charge on any atom is -0.451 e. The summed E-state index contributed by atoms with van der Waals surface area (Å²) in [7, 11) is -3.63. The monoisotopic (exact) mass is 426 g/mol. The van der Waals surface area contributed by atoms with Crippen LogP contribution in [0.15, 0.2) is 68.7 Å². The first kappa shape index (κ1) is 20.3. The number of benzene rings is 2. The lowest BCUT2D eigenvalue weighted by atomic mass is 10.2. The highest BCUT2D eigenvalue weighted by Gasteiger charge is 2.29. The number of carbonyl (C=O) groups excluding carboxylic acids is 1. The summed E-state index contributed by atoms with van der Waals surface area (Å²) in [5, 5.41) is 0.417. The Balaban J connectivity index is 1.54. The fourth-order valence-electron chi connectivity index (χ4n) is 3.56. The van der Waals surface area contributed by atoms with Gasteiger partial charge in [0.1, 0.15) is 5.58 Å². The van der Waals surface area contributed by atoms with Gasteiger partial charge in [0, 0.05) is 32.2 Å². The Morgan fingerprint density at radius 1 is 0.967 bits per heavy atom. The van der Waals surface area contributed by atoms with Crippen molar-refractivity contribution >= 4 is 26.9 Å². The standard InChI is InChI=1S/C22H22N2O5S/c1-16-7-9-17(10-8-16)30(27,28)24-12-4-11-23(13-14-24)22(26)21-15-19(25)18-5-2-3-6-20(18)29-21/h2-3,5-10,15H,4,11-14H2,1H3. The molecule has 4 rings (SSSR count). The van der Waals surface area contributed by atoms with Crippen LogP contribution in [0.3, 0.4) is 0 Å². The van der Waals surface area contributed by atoms with Crippen LogP contribution in [0.5, 0.6) is 0 Å². The van der Waals surface area contributed by atoms with Gasteiger partial charge in [-0.15, -0.1) is 0 Å². The van der Waals surface area contributed by atoms with E-state index >= 15 is 0 Å². The van der Waals surface area contributed by atoms with Gasteiger partial charge in [0.15, 0.2) is 11.2 Å². The lowest BCUT2D eigenvalue weighted by Gasteiger charge is -2.21. The zero-order chi connectivity index (χ0) is 21.3. The molecule has 0 radical (unpaired) electrons. The second-order valence-electron chi connectivity index (χ2n) is 7.33. The molecule has 0 spiro atoms. The predicted octanol–water partition coefficient (Wildman–Crippen LogP) is 2.64. The van der Waals surface area contributed by atoms with Crippen LogP contribution in [0.4, 0.5) is 0 Å². The molecule has 0 atom stereocenters. The number of sulfonamides is 1. The zero-order valence-corrected chi connectivity index (χ0v) is 17.4. The molecule has 156 valence electrons. The first-order valence-corrected chi connectivity index (χ1v) is 11.2. The molecule has 7 nitrogen and oxygen atoms in total. The van der Waals surface area contributed by atoms with Crippen molar-refractivity contribution in [3.63, 3.8) is 0 Å². The van der Waals surface area contributed by atoms with E-state index in [0.29, 0.717) is 30.5 Å². The number of aryl methyl sites for hydroxylation is 1. The highest BCUT2D eigenvalue weighted by Crippen LogP contribution is 2.20. The first-order valence-electron chi connectivity index (χ1n) is 9.75. The van der Waals surface area contributed by atoms with Crippen LogP contribution < -0.4 is 5.43 Å². The molecule has 2 heterocycles. The van der Waals surface area contributed by atoms with Crippen LogP contribution in [-0.2, 0) is 10.0 Å². The molecule has 1 aromatic heterocycles. The molecule has 0 N–H and O–H groups in total. The molecule has 0 unspecified atom stereocenters. The summed E-state index contributed by atoms with van der Waals surface area (Å²) >= 11 is 0. The number of fused-ring (bicyclic) bond motifs is 1. The van der Waals surface area contributed by atoms with Gasteiger partial charge in [-0.25, -0.2) is 8.42 Å². The second kappa shape index (κ2) is 8.04. The summed E-state index contributed by atoms with van der Waals surface area (Å²) in [6.45, 7) is 3.01. The maximum absolute atomic E-state index is 13.0. The number of hydrogen-bond acceptors (Lipinski definition) is 5. The summed E-state index contributed by atoms with van der Waals surface area (Å²) in [5.41, 5.74) is 1.06. The van der Waals surface area contributed by atoms with E-state index < -0.39 is 15.9 Å². The van der Waals surface area contributed by atoms with E-state index in [2.05, 4.69) is 0 Å². The van der Waals surface area contributed by atoms with Crippen molar-refractivity contribution < 1.29 is 17.6 Å². The zero-order valence-electron chi connectivity index (χ0n) is 16.6. The van der Waals surface area contributed by atoms with Crippen LogP contribution in [0.2, 0.25) is 0 Å². The smallest absolute Gasteiger partial charge is 0.289 e. The van der Waals surface area contributed by atoms with Crippen molar-refractivity contribution in [1.82, 2.24) is 9.21 Å². The van der Waals surface area contributed by atoms with Gasteiger partial charge in [-0.3, -0.25) is 9.59 Å². The lowest BCUT2D eigenvalue weighted by molar-refractivity contribution is 0.0733. The molecular weight excluding hydrogens is 404 g/mol. The van der Waals surface area contributed by atoms with Crippen LogP contribution >= 0.6 is 0 Å². The normalized spacial score (nSPS) is 15.8.